The van der Waals surface area contributed by atoms with E-state index in [0.717, 1.165) is 17.7 Å². The summed E-state index contributed by atoms with van der Waals surface area (Å²) in [5, 5.41) is 0. The van der Waals surface area contributed by atoms with E-state index in [4.69, 9.17) is 4.74 Å². The second-order valence-electron chi connectivity index (χ2n) is 3.13. The maximum absolute atomic E-state index is 5.59. The van der Waals surface area contributed by atoms with Gasteiger partial charge in [0, 0.05) is 5.56 Å². The van der Waals surface area contributed by atoms with Crippen molar-refractivity contribution >= 4 is 5.76 Å². The Balaban J connectivity index is 2.59. The molecule has 1 rings (SSSR count). The number of benzene rings is 1. The van der Waals surface area contributed by atoms with Crippen molar-refractivity contribution in [3.05, 3.63) is 42.5 Å². The van der Waals surface area contributed by atoms with Crippen LogP contribution in [0.25, 0.3) is 5.76 Å². The van der Waals surface area contributed by atoms with Crippen molar-refractivity contribution in [2.75, 3.05) is 0 Å². The fraction of sp³-hybridized carbons (Fsp3) is 0.333. The van der Waals surface area contributed by atoms with E-state index in [2.05, 4.69) is 13.5 Å². The molecule has 1 nitrogen and oxygen atoms in total. The summed E-state index contributed by atoms with van der Waals surface area (Å²) in [5.41, 5.74) is 1.06. The van der Waals surface area contributed by atoms with Crippen molar-refractivity contribution in [2.24, 2.45) is 0 Å². The molecule has 13 heavy (non-hydrogen) atoms. The molecule has 0 radical (unpaired) electrons. The first kappa shape index (κ1) is 9.85. The Hall–Kier alpha value is -1.24. The highest BCUT2D eigenvalue weighted by Gasteiger charge is 2.02. The summed E-state index contributed by atoms with van der Waals surface area (Å²) in [6.07, 6.45) is 1.25. The molecule has 1 heteroatoms. The fourth-order valence-corrected chi connectivity index (χ4v) is 1.02. The Bertz CT molecular complexity index is 264. The van der Waals surface area contributed by atoms with Gasteiger partial charge in [-0.2, -0.15) is 0 Å². The van der Waals surface area contributed by atoms with E-state index in [0.29, 0.717) is 0 Å². The van der Waals surface area contributed by atoms with E-state index >= 15 is 0 Å². The minimum absolute atomic E-state index is 0.243. The molecule has 0 aromatic heterocycles. The van der Waals surface area contributed by atoms with Gasteiger partial charge in [0.15, 0.2) is 0 Å². The molecule has 70 valence electrons. The van der Waals surface area contributed by atoms with Gasteiger partial charge in [-0.25, -0.2) is 0 Å². The Labute approximate surface area is 80.0 Å². The van der Waals surface area contributed by atoms with Gasteiger partial charge in [-0.05, 0) is 13.3 Å². The molecule has 0 aliphatic rings. The second kappa shape index (κ2) is 4.70. The third-order valence-corrected chi connectivity index (χ3v) is 2.01. The zero-order valence-electron chi connectivity index (χ0n) is 8.29. The molecular formula is C12H16O. The van der Waals surface area contributed by atoms with Crippen molar-refractivity contribution in [1.29, 1.82) is 0 Å². The van der Waals surface area contributed by atoms with Gasteiger partial charge in [0.1, 0.15) is 5.76 Å². The quantitative estimate of drug-likeness (QED) is 0.638. The van der Waals surface area contributed by atoms with Crippen LogP contribution in [0.2, 0.25) is 0 Å². The lowest BCUT2D eigenvalue weighted by molar-refractivity contribution is 0.182. The number of hydrogen-bond acceptors (Lipinski definition) is 1. The average Bonchev–Trinajstić information content (AvgIpc) is 2.19. The van der Waals surface area contributed by atoms with Crippen LogP contribution in [0.5, 0.6) is 0 Å². The van der Waals surface area contributed by atoms with E-state index in [-0.39, 0.29) is 6.10 Å². The molecule has 0 saturated carbocycles. The molecule has 0 amide bonds. The number of hydrogen-bond donors (Lipinski definition) is 0. The summed E-state index contributed by atoms with van der Waals surface area (Å²) in [6, 6.07) is 9.97. The Morgan fingerprint density at radius 1 is 1.38 bits per heavy atom. The van der Waals surface area contributed by atoms with Crippen LogP contribution in [-0.2, 0) is 4.74 Å². The molecule has 1 aromatic carbocycles. The molecule has 0 aliphatic carbocycles. The molecule has 1 unspecified atom stereocenters. The topological polar surface area (TPSA) is 9.23 Å². The normalized spacial score (nSPS) is 12.2. The van der Waals surface area contributed by atoms with Crippen LogP contribution in [-0.4, -0.2) is 6.10 Å². The Morgan fingerprint density at radius 2 is 2.00 bits per heavy atom. The SMILES string of the molecule is C=C(OC(C)CC)c1ccccc1. The van der Waals surface area contributed by atoms with Crippen LogP contribution in [0.3, 0.4) is 0 Å². The first-order chi connectivity index (χ1) is 6.24. The van der Waals surface area contributed by atoms with Crippen molar-refractivity contribution in [2.45, 2.75) is 26.4 Å². The lowest BCUT2D eigenvalue weighted by Crippen LogP contribution is -2.04. The minimum atomic E-state index is 0.243. The van der Waals surface area contributed by atoms with Crippen LogP contribution in [0.15, 0.2) is 36.9 Å². The molecule has 1 aromatic rings. The van der Waals surface area contributed by atoms with Gasteiger partial charge in [0.25, 0.3) is 0 Å². The first-order valence-corrected chi connectivity index (χ1v) is 4.65. The van der Waals surface area contributed by atoms with E-state index in [9.17, 15) is 0 Å². The van der Waals surface area contributed by atoms with Gasteiger partial charge in [-0.15, -0.1) is 0 Å². The summed E-state index contributed by atoms with van der Waals surface area (Å²) in [5.74, 6) is 0.759. The van der Waals surface area contributed by atoms with Crippen molar-refractivity contribution in [1.82, 2.24) is 0 Å². The highest BCUT2D eigenvalue weighted by Crippen LogP contribution is 2.15. The van der Waals surface area contributed by atoms with Crippen LogP contribution < -0.4 is 0 Å². The molecule has 1 atom stereocenters. The predicted molar refractivity (Wildman–Crippen MR) is 56.3 cm³/mol. The smallest absolute Gasteiger partial charge is 0.119 e. The fourth-order valence-electron chi connectivity index (χ4n) is 1.02. The van der Waals surface area contributed by atoms with E-state index < -0.39 is 0 Å². The lowest BCUT2D eigenvalue weighted by Gasteiger charge is -2.14. The monoisotopic (exact) mass is 176 g/mol. The molecule has 0 saturated heterocycles. The Morgan fingerprint density at radius 3 is 2.54 bits per heavy atom. The van der Waals surface area contributed by atoms with Gasteiger partial charge in [0.05, 0.1) is 6.10 Å². The average molecular weight is 176 g/mol. The highest BCUT2D eigenvalue weighted by molar-refractivity contribution is 5.57. The third-order valence-electron chi connectivity index (χ3n) is 2.01. The first-order valence-electron chi connectivity index (χ1n) is 4.65. The zero-order valence-corrected chi connectivity index (χ0v) is 8.29. The van der Waals surface area contributed by atoms with E-state index in [1.165, 1.54) is 0 Å². The maximum Gasteiger partial charge on any atom is 0.119 e. The van der Waals surface area contributed by atoms with Crippen molar-refractivity contribution in [3.8, 4) is 0 Å². The van der Waals surface area contributed by atoms with Gasteiger partial charge in [-0.3, -0.25) is 0 Å². The zero-order chi connectivity index (χ0) is 9.68. The number of ether oxygens (including phenoxy) is 1. The minimum Gasteiger partial charge on any atom is -0.491 e. The van der Waals surface area contributed by atoms with E-state index in [1.54, 1.807) is 0 Å². The predicted octanol–water partition coefficient (Wildman–Crippen LogP) is 3.47. The van der Waals surface area contributed by atoms with Crippen LogP contribution >= 0.6 is 0 Å². The van der Waals surface area contributed by atoms with Crippen LogP contribution in [0, 0.1) is 0 Å². The highest BCUT2D eigenvalue weighted by atomic mass is 16.5. The van der Waals surface area contributed by atoms with Gasteiger partial charge in [0.2, 0.25) is 0 Å². The van der Waals surface area contributed by atoms with Crippen LogP contribution in [0.1, 0.15) is 25.8 Å². The molecular weight excluding hydrogens is 160 g/mol. The summed E-state index contributed by atoms with van der Waals surface area (Å²) >= 11 is 0. The lowest BCUT2D eigenvalue weighted by atomic mass is 10.2. The second-order valence-corrected chi connectivity index (χ2v) is 3.13. The van der Waals surface area contributed by atoms with Gasteiger partial charge < -0.3 is 4.74 Å². The summed E-state index contributed by atoms with van der Waals surface area (Å²) in [4.78, 5) is 0. The van der Waals surface area contributed by atoms with Gasteiger partial charge in [-0.1, -0.05) is 43.8 Å². The molecule has 0 aliphatic heterocycles. The molecule has 0 N–H and O–H groups in total. The largest absolute Gasteiger partial charge is 0.491 e. The standard InChI is InChI=1S/C12H16O/c1-4-10(2)13-11(3)12-8-6-5-7-9-12/h5-10H,3-4H2,1-2H3. The summed E-state index contributed by atoms with van der Waals surface area (Å²) < 4.78 is 5.59. The molecule has 0 bridgehead atoms. The van der Waals surface area contributed by atoms with E-state index in [1.807, 2.05) is 37.3 Å². The van der Waals surface area contributed by atoms with Crippen molar-refractivity contribution < 1.29 is 4.74 Å². The maximum atomic E-state index is 5.59. The Kier molecular flexibility index (Phi) is 3.56. The summed E-state index contributed by atoms with van der Waals surface area (Å²) in [6.45, 7) is 8.04. The third kappa shape index (κ3) is 2.94. The molecule has 0 fully saturated rings. The summed E-state index contributed by atoms with van der Waals surface area (Å²) in [7, 11) is 0. The molecule has 0 heterocycles. The van der Waals surface area contributed by atoms with Crippen LogP contribution in [0.4, 0.5) is 0 Å². The molecule has 0 spiro atoms. The van der Waals surface area contributed by atoms with Crippen molar-refractivity contribution in [3.63, 3.8) is 0 Å². The van der Waals surface area contributed by atoms with Gasteiger partial charge >= 0.3 is 0 Å². The number of rotatable bonds is 4.